The highest BCUT2D eigenvalue weighted by molar-refractivity contribution is 7.90. The highest BCUT2D eigenvalue weighted by Gasteiger charge is 2.12. The second kappa shape index (κ2) is 8.20. The van der Waals surface area contributed by atoms with E-state index in [-0.39, 0.29) is 11.5 Å². The molecule has 0 aliphatic heterocycles. The predicted molar refractivity (Wildman–Crippen MR) is 120 cm³/mol. The van der Waals surface area contributed by atoms with Gasteiger partial charge < -0.3 is 10.5 Å². The van der Waals surface area contributed by atoms with Crippen LogP contribution in [-0.4, -0.2) is 25.6 Å². The van der Waals surface area contributed by atoms with E-state index in [0.29, 0.717) is 16.9 Å². The maximum atomic E-state index is 11.7. The monoisotopic (exact) mass is 432 g/mol. The smallest absolute Gasteiger partial charge is 0.249 e. The molecule has 6 nitrogen and oxygen atoms in total. The maximum absolute atomic E-state index is 11.7. The molecule has 0 fully saturated rings. The van der Waals surface area contributed by atoms with Gasteiger partial charge in [0.05, 0.1) is 10.4 Å². The topological polar surface area (TPSA) is 99.4 Å². The van der Waals surface area contributed by atoms with Crippen LogP contribution in [0.3, 0.4) is 0 Å². The second-order valence-electron chi connectivity index (χ2n) is 7.15. The van der Waals surface area contributed by atoms with Gasteiger partial charge >= 0.3 is 0 Å². The number of sulfone groups is 1. The molecule has 0 bridgehead atoms. The number of ether oxygens (including phenoxy) is 1. The molecule has 0 unspecified atom stereocenters. The molecule has 1 heterocycles. The Bertz CT molecular complexity index is 1380. The summed E-state index contributed by atoms with van der Waals surface area (Å²) in [5, 5.41) is 0.829. The molecule has 1 aromatic heterocycles. The first-order valence-corrected chi connectivity index (χ1v) is 11.4. The van der Waals surface area contributed by atoms with Gasteiger partial charge in [-0.25, -0.2) is 8.42 Å². The summed E-state index contributed by atoms with van der Waals surface area (Å²) in [6, 6.07) is 21.3. The Labute approximate surface area is 180 Å². The van der Waals surface area contributed by atoms with Crippen molar-refractivity contribution in [1.29, 1.82) is 0 Å². The van der Waals surface area contributed by atoms with Crippen LogP contribution in [-0.2, 0) is 16.4 Å². The molecule has 7 heteroatoms. The van der Waals surface area contributed by atoms with Gasteiger partial charge in [0.2, 0.25) is 5.91 Å². The Balaban J connectivity index is 1.73. The molecule has 0 atom stereocenters. The lowest BCUT2D eigenvalue weighted by Crippen LogP contribution is -2.14. The molecule has 0 saturated heterocycles. The number of aromatic nitrogens is 1. The van der Waals surface area contributed by atoms with Crippen molar-refractivity contribution in [3.8, 4) is 16.9 Å². The summed E-state index contributed by atoms with van der Waals surface area (Å²) in [5.74, 6) is 0.0949. The van der Waals surface area contributed by atoms with Crippen molar-refractivity contribution in [1.82, 2.24) is 4.98 Å². The molecular formula is C24H20N2O4S. The average molecular weight is 433 g/mol. The van der Waals surface area contributed by atoms with Gasteiger partial charge in [0, 0.05) is 29.0 Å². The highest BCUT2D eigenvalue weighted by Crippen LogP contribution is 2.32. The molecular weight excluding hydrogens is 412 g/mol. The number of rotatable bonds is 6. The van der Waals surface area contributed by atoms with Crippen molar-refractivity contribution in [2.75, 3.05) is 6.26 Å². The third kappa shape index (κ3) is 4.41. The fraction of sp³-hybridized carbons (Fsp3) is 0.0833. The van der Waals surface area contributed by atoms with Gasteiger partial charge in [-0.1, -0.05) is 30.3 Å². The van der Waals surface area contributed by atoms with Gasteiger partial charge in [0.15, 0.2) is 9.84 Å². The minimum absolute atomic E-state index is 0.166. The largest absolute Gasteiger partial charge is 0.488 e. The highest BCUT2D eigenvalue weighted by atomic mass is 32.2. The summed E-state index contributed by atoms with van der Waals surface area (Å²) < 4.78 is 29.6. The molecule has 2 N–H and O–H groups in total. The molecule has 4 rings (SSSR count). The van der Waals surface area contributed by atoms with Crippen molar-refractivity contribution in [3.63, 3.8) is 0 Å². The summed E-state index contributed by atoms with van der Waals surface area (Å²) in [6.07, 6.45) is 2.88. The van der Waals surface area contributed by atoms with Crippen molar-refractivity contribution < 1.29 is 17.9 Å². The van der Waals surface area contributed by atoms with Crippen LogP contribution in [0.5, 0.6) is 5.75 Å². The molecule has 0 aliphatic rings. The van der Waals surface area contributed by atoms with E-state index in [1.165, 1.54) is 6.26 Å². The summed E-state index contributed by atoms with van der Waals surface area (Å²) in [7, 11) is -3.27. The van der Waals surface area contributed by atoms with Gasteiger partial charge in [-0.15, -0.1) is 0 Å². The normalized spacial score (nSPS) is 11.4. The van der Waals surface area contributed by atoms with Crippen molar-refractivity contribution in [2.45, 2.75) is 11.5 Å². The van der Waals surface area contributed by atoms with Crippen LogP contribution < -0.4 is 10.5 Å². The van der Waals surface area contributed by atoms with E-state index in [0.717, 1.165) is 22.0 Å². The first kappa shape index (κ1) is 20.6. The molecule has 0 spiro atoms. The number of hydrogen-bond acceptors (Lipinski definition) is 5. The summed E-state index contributed by atoms with van der Waals surface area (Å²) in [6.45, 7) is 0.166. The first-order valence-electron chi connectivity index (χ1n) is 9.53. The van der Waals surface area contributed by atoms with Gasteiger partial charge in [-0.05, 0) is 53.6 Å². The lowest BCUT2D eigenvalue weighted by molar-refractivity contribution is 0.0998. The lowest BCUT2D eigenvalue weighted by atomic mass is 10.0. The number of carbonyl (C=O) groups is 1. The molecule has 0 radical (unpaired) electrons. The average Bonchev–Trinajstić information content (AvgIpc) is 2.77. The molecule has 1 amide bonds. The molecule has 4 aromatic rings. The standard InChI is InChI=1S/C24H20N2O4S/c1-31(28,29)19-10-8-16(9-11-19)18-13-22-21(7-4-12-26-22)23(14-18)30-15-17-5-2-3-6-20(17)24(25)27/h2-14H,15H2,1H3,(H2,25,27). The molecule has 0 saturated carbocycles. The Kier molecular flexibility index (Phi) is 5.44. The van der Waals surface area contributed by atoms with Crippen LogP contribution in [0.25, 0.3) is 22.0 Å². The van der Waals surface area contributed by atoms with E-state index in [2.05, 4.69) is 4.98 Å². The van der Waals surface area contributed by atoms with E-state index < -0.39 is 15.7 Å². The van der Waals surface area contributed by atoms with Gasteiger partial charge in [-0.2, -0.15) is 0 Å². The van der Waals surface area contributed by atoms with E-state index in [1.807, 2.05) is 30.3 Å². The van der Waals surface area contributed by atoms with E-state index in [1.54, 1.807) is 48.7 Å². The zero-order chi connectivity index (χ0) is 22.0. The number of nitrogens with two attached hydrogens (primary N) is 1. The number of pyridine rings is 1. The predicted octanol–water partition coefficient (Wildman–Crippen LogP) is 3.98. The summed E-state index contributed by atoms with van der Waals surface area (Å²) >= 11 is 0. The van der Waals surface area contributed by atoms with E-state index >= 15 is 0 Å². The molecule has 0 aliphatic carbocycles. The first-order chi connectivity index (χ1) is 14.8. The van der Waals surface area contributed by atoms with Crippen molar-refractivity contribution in [3.05, 3.63) is 90.1 Å². The van der Waals surface area contributed by atoms with Gasteiger partial charge in [0.25, 0.3) is 0 Å². The molecule has 156 valence electrons. The third-order valence-corrected chi connectivity index (χ3v) is 6.09. The summed E-state index contributed by atoms with van der Waals surface area (Å²) in [5.41, 5.74) is 8.99. The third-order valence-electron chi connectivity index (χ3n) is 4.96. The number of fused-ring (bicyclic) bond motifs is 1. The Morgan fingerprint density at radius 1 is 0.968 bits per heavy atom. The van der Waals surface area contributed by atoms with Crippen molar-refractivity contribution in [2.24, 2.45) is 5.73 Å². The van der Waals surface area contributed by atoms with Crippen LogP contribution in [0.4, 0.5) is 0 Å². The quantitative estimate of drug-likeness (QED) is 0.497. The molecule has 31 heavy (non-hydrogen) atoms. The van der Waals surface area contributed by atoms with Crippen molar-refractivity contribution >= 4 is 26.6 Å². The van der Waals surface area contributed by atoms with Crippen LogP contribution in [0.15, 0.2) is 83.9 Å². The number of benzene rings is 3. The number of primary amides is 1. The lowest BCUT2D eigenvalue weighted by Gasteiger charge is -2.13. The van der Waals surface area contributed by atoms with Gasteiger partial charge in [-0.3, -0.25) is 9.78 Å². The fourth-order valence-electron chi connectivity index (χ4n) is 3.37. The zero-order valence-electron chi connectivity index (χ0n) is 16.8. The van der Waals surface area contributed by atoms with Gasteiger partial charge in [0.1, 0.15) is 12.4 Å². The van der Waals surface area contributed by atoms with E-state index in [4.69, 9.17) is 10.5 Å². The van der Waals surface area contributed by atoms with Crippen LogP contribution in [0, 0.1) is 0 Å². The minimum Gasteiger partial charge on any atom is -0.488 e. The second-order valence-corrected chi connectivity index (χ2v) is 9.17. The number of hydrogen-bond donors (Lipinski definition) is 1. The number of amides is 1. The fourth-order valence-corrected chi connectivity index (χ4v) is 4.00. The Hall–Kier alpha value is -3.71. The maximum Gasteiger partial charge on any atom is 0.249 e. The Morgan fingerprint density at radius 3 is 2.42 bits per heavy atom. The van der Waals surface area contributed by atoms with E-state index in [9.17, 15) is 13.2 Å². The molecule has 3 aromatic carbocycles. The van der Waals surface area contributed by atoms with Crippen LogP contribution in [0.2, 0.25) is 0 Å². The Morgan fingerprint density at radius 2 is 1.71 bits per heavy atom. The zero-order valence-corrected chi connectivity index (χ0v) is 17.6. The van der Waals surface area contributed by atoms with Crippen LogP contribution in [0.1, 0.15) is 15.9 Å². The SMILES string of the molecule is CS(=O)(=O)c1ccc(-c2cc(OCc3ccccc3C(N)=O)c3cccnc3c2)cc1. The number of carbonyl (C=O) groups excluding carboxylic acids is 1. The van der Waals surface area contributed by atoms with Crippen LogP contribution >= 0.6 is 0 Å². The number of nitrogens with zero attached hydrogens (tertiary/aromatic N) is 1. The summed E-state index contributed by atoms with van der Waals surface area (Å²) in [4.78, 5) is 16.4. The minimum atomic E-state index is -3.27.